The summed E-state index contributed by atoms with van der Waals surface area (Å²) in [5.41, 5.74) is 1.61. The molecule has 2 rings (SSSR count). The zero-order chi connectivity index (χ0) is 14.9. The van der Waals surface area contributed by atoms with Crippen molar-refractivity contribution in [1.82, 2.24) is 4.98 Å². The average molecular weight is 259 g/mol. The number of benzene rings is 1. The van der Waals surface area contributed by atoms with Crippen LogP contribution in [0.1, 0.15) is 2.74 Å². The van der Waals surface area contributed by atoms with Crippen LogP contribution >= 0.6 is 0 Å². The van der Waals surface area contributed by atoms with Crippen LogP contribution in [-0.2, 0) is 0 Å². The second-order valence-electron chi connectivity index (χ2n) is 5.26. The topological polar surface area (TPSA) is 22.1 Å². The fourth-order valence-electron chi connectivity index (χ4n) is 1.67. The van der Waals surface area contributed by atoms with Crippen molar-refractivity contribution in [3.8, 4) is 17.0 Å². The molecule has 94 valence electrons. The first-order valence-electron chi connectivity index (χ1n) is 6.95. The molecule has 0 saturated carbocycles. The minimum Gasteiger partial charge on any atom is -0.497 e. The highest BCUT2D eigenvalue weighted by Crippen LogP contribution is 2.21. The fourth-order valence-corrected chi connectivity index (χ4v) is 2.71. The van der Waals surface area contributed by atoms with E-state index in [9.17, 15) is 0 Å². The van der Waals surface area contributed by atoms with Gasteiger partial charge in [-0.2, -0.15) is 0 Å². The van der Waals surface area contributed by atoms with Crippen molar-refractivity contribution in [2.75, 3.05) is 7.11 Å². The summed E-state index contributed by atoms with van der Waals surface area (Å²) in [6.07, 6.45) is 1.92. The Bertz CT molecular complexity index is 621. The van der Waals surface area contributed by atoms with Crippen LogP contribution in [0.15, 0.2) is 42.5 Å². The smallest absolute Gasteiger partial charge is 0.119 e. The highest BCUT2D eigenvalue weighted by Gasteiger charge is 2.16. The van der Waals surface area contributed by atoms with Gasteiger partial charge in [0.2, 0.25) is 0 Å². The summed E-state index contributed by atoms with van der Waals surface area (Å²) in [6, 6.07) is 7.76. The van der Waals surface area contributed by atoms with Gasteiger partial charge >= 0.3 is 0 Å². The van der Waals surface area contributed by atoms with Gasteiger partial charge in [0, 0.05) is 11.8 Å². The molecule has 0 bridgehead atoms. The minimum absolute atomic E-state index is 0.106. The van der Waals surface area contributed by atoms with Crippen molar-refractivity contribution >= 4 is 13.3 Å². The lowest BCUT2D eigenvalue weighted by Gasteiger charge is -2.16. The van der Waals surface area contributed by atoms with E-state index in [2.05, 4.69) is 30.7 Å². The van der Waals surface area contributed by atoms with E-state index in [0.717, 1.165) is 11.3 Å². The van der Waals surface area contributed by atoms with Crippen LogP contribution in [0.5, 0.6) is 5.75 Å². The molecule has 0 unspecified atom stereocenters. The van der Waals surface area contributed by atoms with Crippen molar-refractivity contribution in [2.24, 2.45) is 0 Å². The van der Waals surface area contributed by atoms with E-state index in [4.69, 9.17) is 7.48 Å². The Kier molecular flexibility index (Phi) is 2.83. The molecule has 1 heterocycles. The van der Waals surface area contributed by atoms with Crippen molar-refractivity contribution in [1.29, 1.82) is 0 Å². The number of ether oxygens (including phenoxy) is 1. The molecule has 0 radical (unpaired) electrons. The summed E-state index contributed by atoms with van der Waals surface area (Å²) in [5.74, 6) is 0.406. The Hall–Kier alpha value is -1.61. The number of rotatable bonds is 3. The molecule has 2 nitrogen and oxygen atoms in total. The molecular formula is C15H19NOSi. The summed E-state index contributed by atoms with van der Waals surface area (Å²) in [4.78, 5) is 4.50. The molecule has 0 aliphatic rings. The van der Waals surface area contributed by atoms with Crippen LogP contribution in [0.4, 0.5) is 0 Å². The van der Waals surface area contributed by atoms with E-state index in [-0.39, 0.29) is 12.1 Å². The number of hydrogen-bond donors (Lipinski definition) is 0. The molecule has 0 fully saturated rings. The molecule has 18 heavy (non-hydrogen) atoms. The molecule has 0 amide bonds. The van der Waals surface area contributed by atoms with Crippen LogP contribution in [0.3, 0.4) is 0 Å². The maximum absolute atomic E-state index is 7.81. The first-order valence-corrected chi connectivity index (χ1v) is 9.45. The third-order valence-electron chi connectivity index (χ3n) is 2.85. The molecule has 0 saturated heterocycles. The van der Waals surface area contributed by atoms with Gasteiger partial charge in [0.1, 0.15) is 5.75 Å². The molecule has 1 aromatic heterocycles. The van der Waals surface area contributed by atoms with Crippen molar-refractivity contribution < 1.29 is 7.48 Å². The highest BCUT2D eigenvalue weighted by molar-refractivity contribution is 6.88. The van der Waals surface area contributed by atoms with Crippen molar-refractivity contribution in [3.63, 3.8) is 0 Å². The molecule has 0 aliphatic heterocycles. The Balaban J connectivity index is 2.44. The van der Waals surface area contributed by atoms with E-state index < -0.39 is 8.07 Å². The van der Waals surface area contributed by atoms with Crippen LogP contribution in [0.25, 0.3) is 11.3 Å². The quantitative estimate of drug-likeness (QED) is 0.789. The lowest BCUT2D eigenvalue weighted by molar-refractivity contribution is 0.415. The van der Waals surface area contributed by atoms with E-state index >= 15 is 0 Å². The maximum atomic E-state index is 7.81. The molecule has 0 N–H and O–H groups in total. The van der Waals surface area contributed by atoms with Gasteiger partial charge in [-0.05, 0) is 23.4 Å². The third kappa shape index (κ3) is 2.79. The predicted molar refractivity (Wildman–Crippen MR) is 79.2 cm³/mol. The number of methoxy groups -OCH3 is 1. The van der Waals surface area contributed by atoms with Gasteiger partial charge in [-0.15, -0.1) is 0 Å². The SMILES string of the molecule is [2H]c1cc(-c2ccc([Si](C)(C)C)cn2)cc(OC)c1[2H]. The van der Waals surface area contributed by atoms with Crippen molar-refractivity contribution in [2.45, 2.75) is 19.6 Å². The lowest BCUT2D eigenvalue weighted by Crippen LogP contribution is -2.37. The number of pyridine rings is 1. The summed E-state index contributed by atoms with van der Waals surface area (Å²) in [6.45, 7) is 6.84. The van der Waals surface area contributed by atoms with Gasteiger partial charge in [-0.3, -0.25) is 4.98 Å². The lowest BCUT2D eigenvalue weighted by atomic mass is 10.1. The van der Waals surface area contributed by atoms with Gasteiger partial charge < -0.3 is 4.74 Å². The van der Waals surface area contributed by atoms with Gasteiger partial charge in [0.15, 0.2) is 0 Å². The van der Waals surface area contributed by atoms with Crippen LogP contribution in [-0.4, -0.2) is 20.2 Å². The number of hydrogen-bond acceptors (Lipinski definition) is 2. The summed E-state index contributed by atoms with van der Waals surface area (Å²) in [7, 11) is 0.163. The van der Waals surface area contributed by atoms with Gasteiger partial charge in [-0.1, -0.05) is 37.8 Å². The predicted octanol–water partition coefficient (Wildman–Crippen LogP) is 3.30. The Morgan fingerprint density at radius 2 is 2.00 bits per heavy atom. The Morgan fingerprint density at radius 3 is 2.56 bits per heavy atom. The zero-order valence-electron chi connectivity index (χ0n) is 13.2. The van der Waals surface area contributed by atoms with E-state index in [1.54, 1.807) is 12.1 Å². The standard InChI is InChI=1S/C15H19NOSi/c1-17-13-7-5-6-12(10-13)15-9-8-14(11-16-15)18(2,3)4/h5-11H,1-4H3/i5D,7D. The van der Waals surface area contributed by atoms with Crippen LogP contribution < -0.4 is 9.92 Å². The number of nitrogens with zero attached hydrogens (tertiary/aromatic N) is 1. The zero-order valence-corrected chi connectivity index (χ0v) is 12.2. The second-order valence-corrected chi connectivity index (χ2v) is 10.3. The molecule has 0 spiro atoms. The highest BCUT2D eigenvalue weighted by atomic mass is 28.3. The number of aromatic nitrogens is 1. The fraction of sp³-hybridized carbons (Fsp3) is 0.267. The van der Waals surface area contributed by atoms with Crippen molar-refractivity contribution in [3.05, 3.63) is 42.5 Å². The third-order valence-corrected chi connectivity index (χ3v) is 4.88. The van der Waals surface area contributed by atoms with E-state index in [1.807, 2.05) is 12.3 Å². The van der Waals surface area contributed by atoms with Crippen LogP contribution in [0.2, 0.25) is 19.6 Å². The molecule has 0 aliphatic carbocycles. The normalized spacial score (nSPS) is 12.9. The molecule has 3 heteroatoms. The maximum Gasteiger partial charge on any atom is 0.119 e. The second kappa shape index (κ2) is 4.94. The first kappa shape index (κ1) is 10.3. The Labute approximate surface area is 112 Å². The largest absolute Gasteiger partial charge is 0.497 e. The van der Waals surface area contributed by atoms with E-state index in [1.165, 1.54) is 12.3 Å². The van der Waals surface area contributed by atoms with Gasteiger partial charge in [-0.25, -0.2) is 0 Å². The van der Waals surface area contributed by atoms with Gasteiger partial charge in [0.25, 0.3) is 0 Å². The molecule has 1 aromatic carbocycles. The molecular weight excluding hydrogens is 238 g/mol. The Morgan fingerprint density at radius 1 is 1.22 bits per heavy atom. The monoisotopic (exact) mass is 259 g/mol. The first-order chi connectivity index (χ1) is 9.32. The minimum atomic E-state index is -1.35. The summed E-state index contributed by atoms with van der Waals surface area (Å²) < 4.78 is 20.7. The summed E-state index contributed by atoms with van der Waals surface area (Å²) in [5, 5.41) is 1.30. The molecule has 2 aromatic rings. The summed E-state index contributed by atoms with van der Waals surface area (Å²) >= 11 is 0. The van der Waals surface area contributed by atoms with Gasteiger partial charge in [0.05, 0.1) is 23.6 Å². The molecule has 0 atom stereocenters. The van der Waals surface area contributed by atoms with E-state index in [0.29, 0.717) is 5.75 Å². The van der Waals surface area contributed by atoms with Crippen LogP contribution in [0, 0.1) is 0 Å². The average Bonchev–Trinajstić information content (AvgIpc) is 2.41.